The molecule has 1 aromatic rings. The highest BCUT2D eigenvalue weighted by Gasteiger charge is 2.40. The molecule has 23 heavy (non-hydrogen) atoms. The SMILES string of the molecule is CC#Cc1cn([C@H]2C[C@H](OP(=O)(O)O)[C@@H](CO)O2)c(=O)[nH]c1=O. The minimum absolute atomic E-state index is 0.0376. The van der Waals surface area contributed by atoms with E-state index in [1.54, 1.807) is 0 Å². The molecule has 1 aliphatic heterocycles. The van der Waals surface area contributed by atoms with Crippen molar-refractivity contribution in [2.75, 3.05) is 6.61 Å². The average molecular weight is 346 g/mol. The Morgan fingerprint density at radius 3 is 2.78 bits per heavy atom. The van der Waals surface area contributed by atoms with Crippen molar-refractivity contribution in [1.82, 2.24) is 9.55 Å². The summed E-state index contributed by atoms with van der Waals surface area (Å²) in [5, 5.41) is 9.22. The lowest BCUT2D eigenvalue weighted by Crippen LogP contribution is -2.33. The molecule has 4 N–H and O–H groups in total. The Balaban J connectivity index is 2.34. The van der Waals surface area contributed by atoms with Gasteiger partial charge in [0.15, 0.2) is 0 Å². The largest absolute Gasteiger partial charge is 0.469 e. The maximum Gasteiger partial charge on any atom is 0.469 e. The van der Waals surface area contributed by atoms with Gasteiger partial charge >= 0.3 is 13.5 Å². The zero-order valence-corrected chi connectivity index (χ0v) is 12.9. The van der Waals surface area contributed by atoms with E-state index < -0.39 is 44.1 Å². The van der Waals surface area contributed by atoms with Gasteiger partial charge in [-0.05, 0) is 6.92 Å². The predicted molar refractivity (Wildman–Crippen MR) is 76.4 cm³/mol. The van der Waals surface area contributed by atoms with Gasteiger partial charge < -0.3 is 19.6 Å². The van der Waals surface area contributed by atoms with Crippen molar-refractivity contribution in [3.63, 3.8) is 0 Å². The molecule has 2 heterocycles. The van der Waals surface area contributed by atoms with Gasteiger partial charge in [-0.1, -0.05) is 5.92 Å². The molecular weight excluding hydrogens is 331 g/mol. The van der Waals surface area contributed by atoms with E-state index in [4.69, 9.17) is 14.5 Å². The molecule has 11 heteroatoms. The highest BCUT2D eigenvalue weighted by atomic mass is 31.2. The van der Waals surface area contributed by atoms with Gasteiger partial charge in [-0.2, -0.15) is 0 Å². The maximum atomic E-state index is 11.9. The zero-order chi connectivity index (χ0) is 17.2. The number of aliphatic hydroxyl groups is 1. The van der Waals surface area contributed by atoms with Crippen molar-refractivity contribution < 1.29 is 28.7 Å². The lowest BCUT2D eigenvalue weighted by atomic mass is 10.2. The van der Waals surface area contributed by atoms with Gasteiger partial charge in [-0.25, -0.2) is 9.36 Å². The van der Waals surface area contributed by atoms with Crippen molar-refractivity contribution >= 4 is 7.82 Å². The van der Waals surface area contributed by atoms with Gasteiger partial charge in [-0.3, -0.25) is 18.9 Å². The summed E-state index contributed by atoms with van der Waals surface area (Å²) in [4.78, 5) is 43.3. The summed E-state index contributed by atoms with van der Waals surface area (Å²) in [5.41, 5.74) is -1.38. The van der Waals surface area contributed by atoms with Crippen LogP contribution in [0, 0.1) is 11.8 Å². The number of aliphatic hydroxyl groups excluding tert-OH is 1. The smallest absolute Gasteiger partial charge is 0.394 e. The third kappa shape index (κ3) is 4.17. The first-order valence-corrected chi connectivity index (χ1v) is 8.06. The number of phosphoric ester groups is 1. The van der Waals surface area contributed by atoms with E-state index >= 15 is 0 Å². The number of ether oxygens (including phenoxy) is 1. The molecule has 2 rings (SSSR count). The fourth-order valence-corrected chi connectivity index (χ4v) is 2.82. The fraction of sp³-hybridized carbons (Fsp3) is 0.500. The van der Waals surface area contributed by atoms with Crippen LogP contribution in [0.4, 0.5) is 0 Å². The van der Waals surface area contributed by atoms with Crippen LogP contribution in [0.1, 0.15) is 25.1 Å². The molecule has 0 bridgehead atoms. The van der Waals surface area contributed by atoms with Crippen LogP contribution < -0.4 is 11.2 Å². The standard InChI is InChI=1S/C12H15N2O8P/c1-2-3-7-5-14(12(17)13-11(7)16)10-4-8(9(6-15)21-10)22-23(18,19)20/h5,8-10,15H,4,6H2,1H3,(H,13,16,17)(H2,18,19,20)/t8-,9+,10+/m0/s1. The second-order valence-electron chi connectivity index (χ2n) is 4.77. The molecular formula is C12H15N2O8P. The molecule has 0 spiro atoms. The summed E-state index contributed by atoms with van der Waals surface area (Å²) in [6.45, 7) is 0.966. The third-order valence-corrected chi connectivity index (χ3v) is 3.72. The van der Waals surface area contributed by atoms with Crippen LogP contribution in [-0.4, -0.2) is 43.3 Å². The number of phosphoric acid groups is 1. The molecule has 126 valence electrons. The predicted octanol–water partition coefficient (Wildman–Crippen LogP) is -1.33. The molecule has 0 amide bonds. The summed E-state index contributed by atoms with van der Waals surface area (Å²) in [6.07, 6.45) is -2.00. The lowest BCUT2D eigenvalue weighted by Gasteiger charge is -2.16. The van der Waals surface area contributed by atoms with Gasteiger partial charge in [0.2, 0.25) is 0 Å². The number of nitrogens with one attached hydrogen (secondary N) is 1. The first kappa shape index (κ1) is 17.6. The molecule has 0 saturated carbocycles. The van der Waals surface area contributed by atoms with Crippen molar-refractivity contribution in [2.45, 2.75) is 31.8 Å². The Hall–Kier alpha value is -1.73. The molecule has 0 radical (unpaired) electrons. The first-order chi connectivity index (χ1) is 10.7. The fourth-order valence-electron chi connectivity index (χ4n) is 2.25. The van der Waals surface area contributed by atoms with E-state index in [1.807, 2.05) is 0 Å². The Morgan fingerprint density at radius 2 is 2.22 bits per heavy atom. The number of aromatic nitrogens is 2. The summed E-state index contributed by atoms with van der Waals surface area (Å²) in [7, 11) is -4.78. The van der Waals surface area contributed by atoms with Gasteiger partial charge in [0, 0.05) is 12.6 Å². The van der Waals surface area contributed by atoms with Crippen molar-refractivity contribution in [3.8, 4) is 11.8 Å². The van der Waals surface area contributed by atoms with Crippen LogP contribution in [0.5, 0.6) is 0 Å². The average Bonchev–Trinajstić information content (AvgIpc) is 2.82. The van der Waals surface area contributed by atoms with Crippen molar-refractivity contribution in [2.24, 2.45) is 0 Å². The number of nitrogens with zero attached hydrogens (tertiary/aromatic N) is 1. The van der Waals surface area contributed by atoms with E-state index in [0.29, 0.717) is 0 Å². The molecule has 0 unspecified atom stereocenters. The van der Waals surface area contributed by atoms with Crippen LogP contribution in [0.15, 0.2) is 15.8 Å². The lowest BCUT2D eigenvalue weighted by molar-refractivity contribution is -0.0452. The Labute approximate surface area is 129 Å². The van der Waals surface area contributed by atoms with E-state index in [2.05, 4.69) is 21.3 Å². The van der Waals surface area contributed by atoms with Gasteiger partial charge in [0.05, 0.1) is 6.61 Å². The summed E-state index contributed by atoms with van der Waals surface area (Å²) >= 11 is 0. The van der Waals surface area contributed by atoms with Gasteiger partial charge in [-0.15, -0.1) is 5.92 Å². The highest BCUT2D eigenvalue weighted by Crippen LogP contribution is 2.43. The van der Waals surface area contributed by atoms with Crippen LogP contribution >= 0.6 is 7.82 Å². The monoisotopic (exact) mass is 346 g/mol. The van der Waals surface area contributed by atoms with Gasteiger partial charge in [0.25, 0.3) is 5.56 Å². The second-order valence-corrected chi connectivity index (χ2v) is 5.96. The van der Waals surface area contributed by atoms with Crippen molar-refractivity contribution in [3.05, 3.63) is 32.6 Å². The molecule has 10 nitrogen and oxygen atoms in total. The second kappa shape index (κ2) is 6.80. The minimum atomic E-state index is -4.78. The van der Waals surface area contributed by atoms with E-state index in [1.165, 1.54) is 13.1 Å². The van der Waals surface area contributed by atoms with Crippen LogP contribution in [0.3, 0.4) is 0 Å². The number of hydrogen-bond acceptors (Lipinski definition) is 6. The highest BCUT2D eigenvalue weighted by molar-refractivity contribution is 7.46. The van der Waals surface area contributed by atoms with Crippen molar-refractivity contribution in [1.29, 1.82) is 0 Å². The normalized spacial score (nSPS) is 24.3. The molecule has 0 aliphatic carbocycles. The number of hydrogen-bond donors (Lipinski definition) is 4. The van der Waals surface area contributed by atoms with E-state index in [9.17, 15) is 19.3 Å². The summed E-state index contributed by atoms with van der Waals surface area (Å²) in [5.74, 6) is 5.06. The number of H-pyrrole nitrogens is 1. The number of aromatic amines is 1. The Bertz CT molecular complexity index is 798. The molecule has 0 aromatic carbocycles. The minimum Gasteiger partial charge on any atom is -0.394 e. The third-order valence-electron chi connectivity index (χ3n) is 3.17. The molecule has 1 aromatic heterocycles. The number of rotatable bonds is 4. The Kier molecular flexibility index (Phi) is 5.21. The topological polar surface area (TPSA) is 151 Å². The molecule has 1 fully saturated rings. The molecule has 1 saturated heterocycles. The zero-order valence-electron chi connectivity index (χ0n) is 12.0. The first-order valence-electron chi connectivity index (χ1n) is 6.53. The van der Waals surface area contributed by atoms with Crippen LogP contribution in [0.2, 0.25) is 0 Å². The maximum absolute atomic E-state index is 11.9. The molecule has 1 aliphatic rings. The quantitative estimate of drug-likeness (QED) is 0.386. The van der Waals surface area contributed by atoms with Gasteiger partial charge in [0.1, 0.15) is 24.0 Å². The Morgan fingerprint density at radius 1 is 1.52 bits per heavy atom. The van der Waals surface area contributed by atoms with Crippen LogP contribution in [0.25, 0.3) is 0 Å². The summed E-state index contributed by atoms with van der Waals surface area (Å²) in [6, 6.07) is 0. The van der Waals surface area contributed by atoms with E-state index in [-0.39, 0.29) is 12.0 Å². The molecule has 3 atom stereocenters. The van der Waals surface area contributed by atoms with E-state index in [0.717, 1.165) is 4.57 Å². The summed E-state index contributed by atoms with van der Waals surface area (Å²) < 4.78 is 21.9. The van der Waals surface area contributed by atoms with Crippen LogP contribution in [-0.2, 0) is 13.8 Å².